The van der Waals surface area contributed by atoms with Crippen molar-refractivity contribution in [2.75, 3.05) is 131 Å². The second-order valence-electron chi connectivity index (χ2n) is 38.8. The fourth-order valence-electron chi connectivity index (χ4n) is 24.4. The molecule has 16 saturated heterocycles. The van der Waals surface area contributed by atoms with Crippen LogP contribution in [0.4, 0.5) is 0 Å². The molecule has 0 aromatic heterocycles. The van der Waals surface area contributed by atoms with Gasteiger partial charge in [-0.15, -0.1) is 0 Å². The Kier molecular flexibility index (Phi) is 31.1. The molecule has 5 aliphatic carbocycles. The number of benzene rings is 5. The van der Waals surface area contributed by atoms with Gasteiger partial charge in [-0.1, -0.05) is 216 Å². The van der Waals surface area contributed by atoms with Gasteiger partial charge in [0.2, 0.25) is 0 Å². The molecule has 21 aliphatic rings. The number of hydrogen-bond donors (Lipinski definition) is 5. The van der Waals surface area contributed by atoms with E-state index in [1.165, 1.54) is 212 Å². The number of rotatable bonds is 22. The van der Waals surface area contributed by atoms with Crippen molar-refractivity contribution < 1.29 is 80.2 Å². The van der Waals surface area contributed by atoms with Gasteiger partial charge in [-0.05, 0) is 281 Å². The number of epoxide rings is 1. The van der Waals surface area contributed by atoms with E-state index in [-0.39, 0.29) is 42.7 Å². The van der Waals surface area contributed by atoms with Gasteiger partial charge < -0.3 is 75.1 Å². The van der Waals surface area contributed by atoms with Gasteiger partial charge in [0.1, 0.15) is 28.0 Å². The zero-order valence-electron chi connectivity index (χ0n) is 72.0. The minimum Gasteiger partial charge on any atom is -1.00 e. The molecule has 15 nitrogen and oxygen atoms in total. The second-order valence-corrected chi connectivity index (χ2v) is 38.8. The molecular weight excluding hydrogens is 1450 g/mol. The molecule has 26 rings (SSSR count). The van der Waals surface area contributed by atoms with Gasteiger partial charge in [0.05, 0.1) is 63.6 Å². The molecule has 632 valence electrons. The van der Waals surface area contributed by atoms with Crippen LogP contribution in [-0.2, 0) is 51.7 Å². The van der Waals surface area contributed by atoms with E-state index in [2.05, 4.69) is 103 Å². The van der Waals surface area contributed by atoms with Gasteiger partial charge in [-0.3, -0.25) is 0 Å². The summed E-state index contributed by atoms with van der Waals surface area (Å²) < 4.78 is 31.2. The first kappa shape index (κ1) is 87.4. The maximum Gasteiger partial charge on any atom is 1.00 e. The molecule has 16 heteroatoms. The predicted molar refractivity (Wildman–Crippen MR) is 457 cm³/mol. The van der Waals surface area contributed by atoms with Crippen molar-refractivity contribution in [3.8, 4) is 0 Å². The molecule has 116 heavy (non-hydrogen) atoms. The van der Waals surface area contributed by atoms with E-state index in [1.807, 2.05) is 72.8 Å². The van der Waals surface area contributed by atoms with Gasteiger partial charge in [-0.25, -0.2) is 0 Å². The fourth-order valence-corrected chi connectivity index (χ4v) is 24.4. The van der Waals surface area contributed by atoms with Crippen molar-refractivity contribution >= 4 is 0 Å². The number of hydrogen-bond acceptors (Lipinski definition) is 15. The van der Waals surface area contributed by atoms with Crippen molar-refractivity contribution in [1.29, 1.82) is 0 Å². The Morgan fingerprint density at radius 1 is 0.302 bits per heavy atom. The van der Waals surface area contributed by atoms with E-state index in [0.29, 0.717) is 104 Å². The second kappa shape index (κ2) is 41.3. The van der Waals surface area contributed by atoms with Gasteiger partial charge in [-0.2, -0.15) is 0 Å². The summed E-state index contributed by atoms with van der Waals surface area (Å²) in [7, 11) is 0. The minimum atomic E-state index is -0.816. The average Bonchev–Trinajstić information content (AvgIpc) is 1.59. The van der Waals surface area contributed by atoms with E-state index >= 15 is 0 Å². The van der Waals surface area contributed by atoms with Crippen LogP contribution in [0.25, 0.3) is 0 Å². The Morgan fingerprint density at radius 2 is 0.517 bits per heavy atom. The maximum atomic E-state index is 11.5. The SMILES string of the molecule is OC1CN2CCC1CC2.O[C@@](CO[C@@H]1CN2CCC1CC2)(c1ccccc1)C1CCCC1.O[C@@](CO[C@H]1CN2CCC1CC2)(c1ccccc1)C1CCCC1.O[C@](CO[C@@H]1CN2CCC1CC2)(c1ccccc1)C1CCCC1.O[C@](CO[C@H]1CN2CCC1CC2)(c1ccccc1)C1CCCC1.[H-].[Na+].c1ccc(C2(C3CCCC3)CO2)cc1. The molecule has 2 unspecified atom stereocenters. The molecule has 16 heterocycles. The Bertz CT molecular complexity index is 3270. The Morgan fingerprint density at radius 3 is 0.707 bits per heavy atom. The molecule has 10 bridgehead atoms. The van der Waals surface area contributed by atoms with E-state index in [4.69, 9.17) is 23.7 Å². The third kappa shape index (κ3) is 21.1. The van der Waals surface area contributed by atoms with Gasteiger partial charge in [0.15, 0.2) is 0 Å². The monoisotopic (exact) mass is 1600 g/mol. The smallest absolute Gasteiger partial charge is 1.00 e. The summed E-state index contributed by atoms with van der Waals surface area (Å²) in [5.74, 6) is 5.56. The van der Waals surface area contributed by atoms with E-state index in [0.717, 1.165) is 119 Å². The molecule has 21 fully saturated rings. The third-order valence-corrected chi connectivity index (χ3v) is 32.0. The summed E-state index contributed by atoms with van der Waals surface area (Å²) in [5, 5.41) is 55.5. The summed E-state index contributed by atoms with van der Waals surface area (Å²) in [6, 6.07) is 51.6. The average molecular weight is 1600 g/mol. The minimum absolute atomic E-state index is 0. The zero-order valence-corrected chi connectivity index (χ0v) is 73.0. The first-order chi connectivity index (χ1) is 56.3. The maximum absolute atomic E-state index is 11.5. The number of aliphatic hydroxyl groups excluding tert-OH is 1. The van der Waals surface area contributed by atoms with Crippen molar-refractivity contribution in [3.05, 3.63) is 179 Å². The molecule has 5 N–H and O–H groups in total. The molecular formula is C100H146N5NaO10. The molecule has 16 aliphatic heterocycles. The third-order valence-electron chi connectivity index (χ3n) is 32.0. The Labute approximate surface area is 720 Å². The Balaban J connectivity index is 0.000000117. The predicted octanol–water partition coefficient (Wildman–Crippen LogP) is 13.0. The topological polar surface area (TPSA) is 167 Å². The summed E-state index contributed by atoms with van der Waals surface area (Å²) >= 11 is 0. The van der Waals surface area contributed by atoms with Crippen LogP contribution in [0, 0.1) is 59.2 Å². The van der Waals surface area contributed by atoms with Crippen LogP contribution in [0.2, 0.25) is 0 Å². The standard InChI is InChI=1S/4C20H29NO2.C13H16O.C7H13NO.Na.H/c4*22-20(18-8-4-5-9-18,17-6-2-1-3-7-17)15-23-19-14-21-12-10-16(19)11-13-21;1-2-6-11(7-3-1)13(10-14-13)12-8-4-5-9-12;9-7-5-8-3-1-6(7)2-4-8;;/h4*1-3,6-7,16,18-19,22H,4-5,8-15H2;1-3,6-7,12H,4-5,8-10H2;6-7,9H,1-5H2;;/q;;;;;;+1;-1/t2*19-,20+;2*19-,20-;;;;/m1010..../s1. The number of fused-ring (bicyclic) bond motifs is 15. The molecule has 10 atom stereocenters. The van der Waals surface area contributed by atoms with Crippen molar-refractivity contribution in [1.82, 2.24) is 24.5 Å². The first-order valence-electron chi connectivity index (χ1n) is 46.9. The van der Waals surface area contributed by atoms with Crippen LogP contribution in [0.3, 0.4) is 0 Å². The largest absolute Gasteiger partial charge is 1.00 e. The van der Waals surface area contributed by atoms with Crippen molar-refractivity contribution in [2.45, 2.75) is 251 Å². The zero-order chi connectivity index (χ0) is 78.5. The molecule has 5 aromatic rings. The Hall–Kier alpha value is -3.50. The van der Waals surface area contributed by atoms with Crippen LogP contribution in [0.5, 0.6) is 0 Å². The van der Waals surface area contributed by atoms with Crippen LogP contribution < -0.4 is 29.6 Å². The first-order valence-corrected chi connectivity index (χ1v) is 46.9. The molecule has 0 radical (unpaired) electrons. The van der Waals surface area contributed by atoms with Crippen LogP contribution in [-0.4, -0.2) is 212 Å². The number of nitrogens with zero attached hydrogens (tertiary/aromatic N) is 5. The number of piperidine rings is 15. The van der Waals surface area contributed by atoms with Gasteiger partial charge >= 0.3 is 29.6 Å². The molecule has 0 amide bonds. The van der Waals surface area contributed by atoms with Crippen LogP contribution >= 0.6 is 0 Å². The fraction of sp³-hybridized carbons (Fsp3) is 0.700. The number of aliphatic hydroxyl groups is 5. The molecule has 5 saturated carbocycles. The normalized spacial score (nSPS) is 34.4. The quantitative estimate of drug-likeness (QED) is 0.0328. The van der Waals surface area contributed by atoms with Crippen molar-refractivity contribution in [2.24, 2.45) is 59.2 Å². The summed E-state index contributed by atoms with van der Waals surface area (Å²) in [5.41, 5.74) is 2.40. The summed E-state index contributed by atoms with van der Waals surface area (Å²) in [6.45, 7) is 20.2. The summed E-state index contributed by atoms with van der Waals surface area (Å²) in [6.07, 6.45) is 38.1. The van der Waals surface area contributed by atoms with Gasteiger partial charge in [0.25, 0.3) is 0 Å². The van der Waals surface area contributed by atoms with E-state index in [9.17, 15) is 25.5 Å². The van der Waals surface area contributed by atoms with Gasteiger partial charge in [0, 0.05) is 32.7 Å². The van der Waals surface area contributed by atoms with E-state index < -0.39 is 22.4 Å². The molecule has 0 spiro atoms. The van der Waals surface area contributed by atoms with E-state index in [1.54, 1.807) is 0 Å². The van der Waals surface area contributed by atoms with Crippen LogP contribution in [0.1, 0.15) is 222 Å². The van der Waals surface area contributed by atoms with Crippen LogP contribution in [0.15, 0.2) is 152 Å². The molecule has 5 aromatic carbocycles. The summed E-state index contributed by atoms with van der Waals surface area (Å²) in [4.78, 5) is 12.4. The van der Waals surface area contributed by atoms with Crippen molar-refractivity contribution in [3.63, 3.8) is 0 Å². The number of ether oxygens (including phenoxy) is 5.